The average Bonchev–Trinajstić information content (AvgIpc) is 2.42. The first kappa shape index (κ1) is 14.9. The highest BCUT2D eigenvalue weighted by Crippen LogP contribution is 2.34. The van der Waals surface area contributed by atoms with Gasteiger partial charge in [0, 0.05) is 6.21 Å². The second kappa shape index (κ2) is 6.78. The monoisotopic (exact) mass is 307 g/mol. The van der Waals surface area contributed by atoms with E-state index in [0.717, 1.165) is 16.8 Å². The topological polar surface area (TPSA) is 21.6 Å². The first-order valence-corrected chi connectivity index (χ1v) is 7.09. The van der Waals surface area contributed by atoms with Crippen LogP contribution in [0.5, 0.6) is 5.75 Å². The van der Waals surface area contributed by atoms with Gasteiger partial charge in [-0.3, -0.25) is 4.99 Å². The Labute approximate surface area is 129 Å². The third-order valence-electron chi connectivity index (χ3n) is 2.78. The van der Waals surface area contributed by atoms with E-state index >= 15 is 0 Å². The van der Waals surface area contributed by atoms with Crippen molar-refractivity contribution in [2.45, 2.75) is 13.8 Å². The Morgan fingerprint density at radius 3 is 2.40 bits per heavy atom. The highest BCUT2D eigenvalue weighted by atomic mass is 35.5. The molecule has 0 atom stereocenters. The van der Waals surface area contributed by atoms with Crippen LogP contribution < -0.4 is 4.74 Å². The number of aryl methyl sites for hydroxylation is 1. The van der Waals surface area contributed by atoms with Crippen molar-refractivity contribution < 1.29 is 4.74 Å². The lowest BCUT2D eigenvalue weighted by Crippen LogP contribution is -1.94. The lowest BCUT2D eigenvalue weighted by molar-refractivity contribution is 0.340. The highest BCUT2D eigenvalue weighted by Gasteiger charge is 2.08. The van der Waals surface area contributed by atoms with E-state index in [9.17, 15) is 0 Å². The van der Waals surface area contributed by atoms with E-state index in [0.29, 0.717) is 22.4 Å². The minimum atomic E-state index is 0.491. The Kier molecular flexibility index (Phi) is 5.05. The minimum Gasteiger partial charge on any atom is -0.491 e. The maximum atomic E-state index is 6.16. The lowest BCUT2D eigenvalue weighted by Gasteiger charge is -2.08. The van der Waals surface area contributed by atoms with Gasteiger partial charge in [-0.05, 0) is 43.2 Å². The van der Waals surface area contributed by atoms with Crippen LogP contribution in [0.1, 0.15) is 18.1 Å². The zero-order valence-electron chi connectivity index (χ0n) is 11.4. The molecule has 0 unspecified atom stereocenters. The van der Waals surface area contributed by atoms with Crippen LogP contribution in [0.4, 0.5) is 5.69 Å². The summed E-state index contributed by atoms with van der Waals surface area (Å²) >= 11 is 12.3. The van der Waals surface area contributed by atoms with Gasteiger partial charge < -0.3 is 4.74 Å². The standard InChI is InChI=1S/C16H15Cl2NO/c1-3-20-16-13(17)8-12(9-14(16)18)10-19-15-7-5-4-6-11(15)2/h4-10H,3H2,1-2H3. The molecule has 0 aliphatic heterocycles. The molecule has 0 amide bonds. The quantitative estimate of drug-likeness (QED) is 0.688. The molecule has 0 saturated heterocycles. The summed E-state index contributed by atoms with van der Waals surface area (Å²) in [5, 5.41) is 0.983. The smallest absolute Gasteiger partial charge is 0.156 e. The van der Waals surface area contributed by atoms with Crippen LogP contribution in [0, 0.1) is 6.92 Å². The molecule has 0 aromatic heterocycles. The molecular formula is C16H15Cl2NO. The van der Waals surface area contributed by atoms with Crippen LogP contribution in [-0.2, 0) is 0 Å². The summed E-state index contributed by atoms with van der Waals surface area (Å²) in [6, 6.07) is 11.5. The fourth-order valence-corrected chi connectivity index (χ4v) is 2.40. The summed E-state index contributed by atoms with van der Waals surface area (Å²) < 4.78 is 5.40. The Morgan fingerprint density at radius 1 is 1.15 bits per heavy atom. The molecule has 4 heteroatoms. The minimum absolute atomic E-state index is 0.491. The van der Waals surface area contributed by atoms with Crippen molar-refractivity contribution in [1.82, 2.24) is 0 Å². The van der Waals surface area contributed by atoms with E-state index < -0.39 is 0 Å². The van der Waals surface area contributed by atoms with E-state index in [-0.39, 0.29) is 0 Å². The first-order valence-electron chi connectivity index (χ1n) is 6.33. The largest absolute Gasteiger partial charge is 0.491 e. The van der Waals surface area contributed by atoms with Gasteiger partial charge in [-0.25, -0.2) is 0 Å². The maximum Gasteiger partial charge on any atom is 0.156 e. The molecule has 0 aliphatic carbocycles. The number of benzene rings is 2. The Bertz CT molecular complexity index is 615. The van der Waals surface area contributed by atoms with Gasteiger partial charge in [0.05, 0.1) is 22.3 Å². The second-order valence-electron chi connectivity index (χ2n) is 4.29. The van der Waals surface area contributed by atoms with Crippen LogP contribution in [0.2, 0.25) is 10.0 Å². The number of aliphatic imine (C=N–C) groups is 1. The molecule has 0 N–H and O–H groups in total. The highest BCUT2D eigenvalue weighted by molar-refractivity contribution is 6.37. The summed E-state index contributed by atoms with van der Waals surface area (Å²) in [7, 11) is 0. The van der Waals surface area contributed by atoms with Crippen molar-refractivity contribution in [3.63, 3.8) is 0 Å². The number of ether oxygens (including phenoxy) is 1. The van der Waals surface area contributed by atoms with Crippen LogP contribution in [0.25, 0.3) is 0 Å². The molecular weight excluding hydrogens is 293 g/mol. The van der Waals surface area contributed by atoms with Crippen LogP contribution in [0.3, 0.4) is 0 Å². The fraction of sp³-hybridized carbons (Fsp3) is 0.188. The van der Waals surface area contributed by atoms with Crippen molar-refractivity contribution in [2.75, 3.05) is 6.61 Å². The first-order chi connectivity index (χ1) is 9.61. The normalized spacial score (nSPS) is 11.0. The van der Waals surface area contributed by atoms with E-state index in [1.807, 2.05) is 38.1 Å². The Balaban J connectivity index is 2.29. The van der Waals surface area contributed by atoms with Crippen LogP contribution >= 0.6 is 23.2 Å². The molecule has 0 radical (unpaired) electrons. The molecule has 2 aromatic carbocycles. The third-order valence-corrected chi connectivity index (χ3v) is 3.34. The van der Waals surface area contributed by atoms with Gasteiger partial charge in [-0.15, -0.1) is 0 Å². The van der Waals surface area contributed by atoms with Crippen LogP contribution in [0.15, 0.2) is 41.4 Å². The van der Waals surface area contributed by atoms with Gasteiger partial charge in [-0.1, -0.05) is 41.4 Å². The zero-order chi connectivity index (χ0) is 14.5. The summed E-state index contributed by atoms with van der Waals surface area (Å²) in [5.41, 5.74) is 2.88. The van der Waals surface area contributed by atoms with E-state index in [4.69, 9.17) is 27.9 Å². The molecule has 0 heterocycles. The summed E-state index contributed by atoms with van der Waals surface area (Å²) in [5.74, 6) is 0.517. The molecule has 104 valence electrons. The summed E-state index contributed by atoms with van der Waals surface area (Å²) in [6.45, 7) is 4.43. The van der Waals surface area contributed by atoms with Gasteiger partial charge in [0.25, 0.3) is 0 Å². The number of para-hydroxylation sites is 1. The fourth-order valence-electron chi connectivity index (χ4n) is 1.79. The number of halogens is 2. The van der Waals surface area contributed by atoms with Crippen LogP contribution in [-0.4, -0.2) is 12.8 Å². The van der Waals surface area contributed by atoms with Crippen molar-refractivity contribution in [1.29, 1.82) is 0 Å². The predicted molar refractivity (Wildman–Crippen MR) is 86.1 cm³/mol. The zero-order valence-corrected chi connectivity index (χ0v) is 12.9. The maximum absolute atomic E-state index is 6.16. The van der Waals surface area contributed by atoms with Crippen molar-refractivity contribution in [3.8, 4) is 5.75 Å². The summed E-state index contributed by atoms with van der Waals surface area (Å²) in [4.78, 5) is 4.45. The van der Waals surface area contributed by atoms with Gasteiger partial charge in [0.15, 0.2) is 5.75 Å². The van der Waals surface area contributed by atoms with E-state index in [2.05, 4.69) is 4.99 Å². The van der Waals surface area contributed by atoms with Gasteiger partial charge >= 0.3 is 0 Å². The average molecular weight is 308 g/mol. The van der Waals surface area contributed by atoms with Gasteiger partial charge in [-0.2, -0.15) is 0 Å². The van der Waals surface area contributed by atoms with Crippen molar-refractivity contribution in [2.24, 2.45) is 4.99 Å². The SMILES string of the molecule is CCOc1c(Cl)cc(C=Nc2ccccc2C)cc1Cl. The molecule has 0 aliphatic rings. The second-order valence-corrected chi connectivity index (χ2v) is 5.11. The molecule has 0 saturated carbocycles. The number of hydrogen-bond acceptors (Lipinski definition) is 2. The number of rotatable bonds is 4. The number of nitrogens with zero attached hydrogens (tertiary/aromatic N) is 1. The van der Waals surface area contributed by atoms with Gasteiger partial charge in [0.1, 0.15) is 0 Å². The third kappa shape index (κ3) is 3.53. The van der Waals surface area contributed by atoms with E-state index in [1.165, 1.54) is 0 Å². The van der Waals surface area contributed by atoms with Gasteiger partial charge in [0.2, 0.25) is 0 Å². The van der Waals surface area contributed by atoms with Crippen molar-refractivity contribution in [3.05, 3.63) is 57.6 Å². The molecule has 0 bridgehead atoms. The molecule has 2 aromatic rings. The molecule has 20 heavy (non-hydrogen) atoms. The van der Waals surface area contributed by atoms with Crippen molar-refractivity contribution >= 4 is 35.1 Å². The Hall–Kier alpha value is -1.51. The summed E-state index contributed by atoms with van der Waals surface area (Å²) in [6.07, 6.45) is 1.75. The molecule has 0 spiro atoms. The Morgan fingerprint density at radius 2 is 1.80 bits per heavy atom. The lowest BCUT2D eigenvalue weighted by atomic mass is 10.2. The number of hydrogen-bond donors (Lipinski definition) is 0. The molecule has 2 rings (SSSR count). The van der Waals surface area contributed by atoms with E-state index in [1.54, 1.807) is 18.3 Å². The molecule has 0 fully saturated rings. The molecule has 2 nitrogen and oxygen atoms in total. The predicted octanol–water partition coefficient (Wildman–Crippen LogP) is 5.45.